The minimum atomic E-state index is -0.525. The number of nitrogens with one attached hydrogen (secondary N) is 1. The normalized spacial score (nSPS) is 17.2. The lowest BCUT2D eigenvalue weighted by Gasteiger charge is -2.17. The number of likely N-dealkylation sites (tertiary alicyclic amines) is 1. The summed E-state index contributed by atoms with van der Waals surface area (Å²) in [5.41, 5.74) is 0.202. The van der Waals surface area contributed by atoms with Crippen molar-refractivity contribution in [2.75, 3.05) is 32.1 Å². The number of esters is 1. The van der Waals surface area contributed by atoms with E-state index in [0.717, 1.165) is 0 Å². The van der Waals surface area contributed by atoms with Crippen LogP contribution in [-0.2, 0) is 14.3 Å². The number of benzene rings is 1. The molecule has 1 N–H and O–H groups in total. The third-order valence-corrected chi connectivity index (χ3v) is 3.84. The van der Waals surface area contributed by atoms with Crippen LogP contribution in [0.3, 0.4) is 0 Å². The van der Waals surface area contributed by atoms with Crippen LogP contribution in [0.1, 0.15) is 6.42 Å². The van der Waals surface area contributed by atoms with Gasteiger partial charge in [-0.05, 0) is 12.1 Å². The Labute approximate surface area is 137 Å². The van der Waals surface area contributed by atoms with E-state index in [1.807, 2.05) is 0 Å². The number of carbonyl (C=O) groups is 2. The molecule has 1 aliphatic heterocycles. The maximum atomic E-state index is 11.8. The maximum absolute atomic E-state index is 11.8. The number of ether oxygens (including phenoxy) is 1. The van der Waals surface area contributed by atoms with Crippen molar-refractivity contribution >= 4 is 34.9 Å². The number of hydrogen-bond donors (Lipinski definition) is 1. The second-order valence-electron chi connectivity index (χ2n) is 5.11. The summed E-state index contributed by atoms with van der Waals surface area (Å²) >= 11 is 5.75. The molecule has 0 saturated carbocycles. The van der Waals surface area contributed by atoms with Gasteiger partial charge in [-0.25, -0.2) is 0 Å². The van der Waals surface area contributed by atoms with Gasteiger partial charge in [0.1, 0.15) is 5.69 Å². The Balaban J connectivity index is 1.92. The van der Waals surface area contributed by atoms with Crippen molar-refractivity contribution in [3.8, 4) is 0 Å². The highest BCUT2D eigenvalue weighted by atomic mass is 35.5. The van der Waals surface area contributed by atoms with Crippen molar-refractivity contribution in [2.45, 2.75) is 6.42 Å². The van der Waals surface area contributed by atoms with E-state index in [2.05, 4.69) is 10.1 Å². The average molecular weight is 342 g/mol. The predicted octanol–water partition coefficient (Wildman–Crippen LogP) is 1.68. The lowest BCUT2D eigenvalue weighted by atomic mass is 10.1. The highest BCUT2D eigenvalue weighted by Crippen LogP contribution is 2.27. The molecule has 1 saturated heterocycles. The monoisotopic (exact) mass is 341 g/mol. The summed E-state index contributed by atoms with van der Waals surface area (Å²) < 4.78 is 4.64. The van der Waals surface area contributed by atoms with Gasteiger partial charge in [0.25, 0.3) is 5.69 Å². The van der Waals surface area contributed by atoms with Gasteiger partial charge in [0.05, 0.1) is 18.0 Å². The second kappa shape index (κ2) is 7.28. The van der Waals surface area contributed by atoms with Gasteiger partial charge in [0.15, 0.2) is 0 Å². The molecule has 1 amide bonds. The van der Waals surface area contributed by atoms with E-state index in [-0.39, 0.29) is 23.0 Å². The molecule has 8 nitrogen and oxygen atoms in total. The standard InChI is InChI=1S/C14H16ClN3O5/c1-23-14(20)9-6-13(19)17(8-9)5-4-16-11-3-2-10(15)7-12(11)18(21)22/h2-3,7,9,16H,4-6,8H2,1H3/t9-/m1/s1. The zero-order valence-corrected chi connectivity index (χ0v) is 13.2. The number of nitrogens with zero attached hydrogens (tertiary/aromatic N) is 2. The van der Waals surface area contributed by atoms with Crippen molar-refractivity contribution in [1.29, 1.82) is 0 Å². The van der Waals surface area contributed by atoms with Crippen molar-refractivity contribution in [3.63, 3.8) is 0 Å². The molecule has 1 aromatic rings. The Hall–Kier alpha value is -2.35. The van der Waals surface area contributed by atoms with E-state index in [4.69, 9.17) is 11.6 Å². The van der Waals surface area contributed by atoms with Crippen LogP contribution < -0.4 is 5.32 Å². The van der Waals surface area contributed by atoms with Gasteiger partial charge in [0, 0.05) is 37.1 Å². The molecule has 2 rings (SSSR count). The van der Waals surface area contributed by atoms with Crippen LogP contribution in [-0.4, -0.2) is 48.4 Å². The number of halogens is 1. The smallest absolute Gasteiger partial charge is 0.310 e. The summed E-state index contributed by atoms with van der Waals surface area (Å²) in [7, 11) is 1.29. The first kappa shape index (κ1) is 17.0. The van der Waals surface area contributed by atoms with Crippen molar-refractivity contribution in [2.24, 2.45) is 5.92 Å². The zero-order valence-electron chi connectivity index (χ0n) is 12.5. The zero-order chi connectivity index (χ0) is 17.0. The number of methoxy groups -OCH3 is 1. The van der Waals surface area contributed by atoms with Gasteiger partial charge in [-0.15, -0.1) is 0 Å². The molecule has 0 unspecified atom stereocenters. The van der Waals surface area contributed by atoms with E-state index in [9.17, 15) is 19.7 Å². The molecule has 0 bridgehead atoms. The van der Waals surface area contributed by atoms with Crippen molar-refractivity contribution in [1.82, 2.24) is 4.90 Å². The van der Waals surface area contributed by atoms with Gasteiger partial charge >= 0.3 is 5.97 Å². The Morgan fingerprint density at radius 3 is 2.96 bits per heavy atom. The van der Waals surface area contributed by atoms with E-state index in [0.29, 0.717) is 25.3 Å². The predicted molar refractivity (Wildman–Crippen MR) is 83.3 cm³/mol. The molecule has 1 aliphatic rings. The van der Waals surface area contributed by atoms with Gasteiger partial charge < -0.3 is 15.0 Å². The Morgan fingerprint density at radius 2 is 2.30 bits per heavy atom. The summed E-state index contributed by atoms with van der Waals surface area (Å²) in [5.74, 6) is -0.979. The lowest BCUT2D eigenvalue weighted by Crippen LogP contribution is -2.31. The molecule has 0 aromatic heterocycles. The molecular weight excluding hydrogens is 326 g/mol. The van der Waals surface area contributed by atoms with Gasteiger partial charge in [-0.2, -0.15) is 0 Å². The molecular formula is C14H16ClN3O5. The summed E-state index contributed by atoms with van der Waals surface area (Å²) in [5, 5.41) is 14.2. The molecule has 1 fully saturated rings. The van der Waals surface area contributed by atoms with E-state index < -0.39 is 16.8 Å². The minimum Gasteiger partial charge on any atom is -0.469 e. The lowest BCUT2D eigenvalue weighted by molar-refractivity contribution is -0.383. The molecule has 0 spiro atoms. The third kappa shape index (κ3) is 4.10. The summed E-state index contributed by atoms with van der Waals surface area (Å²) in [6.45, 7) is 0.962. The summed E-state index contributed by atoms with van der Waals surface area (Å²) in [6, 6.07) is 4.33. The number of anilines is 1. The molecule has 124 valence electrons. The molecule has 23 heavy (non-hydrogen) atoms. The van der Waals surface area contributed by atoms with E-state index in [1.54, 1.807) is 6.07 Å². The summed E-state index contributed by atoms with van der Waals surface area (Å²) in [6.07, 6.45) is 0.133. The first-order chi connectivity index (χ1) is 10.9. The van der Waals surface area contributed by atoms with Crippen LogP contribution in [0.4, 0.5) is 11.4 Å². The van der Waals surface area contributed by atoms with Gasteiger partial charge in [0.2, 0.25) is 5.91 Å². The fourth-order valence-corrected chi connectivity index (χ4v) is 2.61. The average Bonchev–Trinajstić information content (AvgIpc) is 2.89. The molecule has 0 aliphatic carbocycles. The van der Waals surface area contributed by atoms with Gasteiger partial charge in [-0.3, -0.25) is 19.7 Å². The van der Waals surface area contributed by atoms with Crippen LogP contribution in [0.25, 0.3) is 0 Å². The van der Waals surface area contributed by atoms with Gasteiger partial charge in [-0.1, -0.05) is 11.6 Å². The van der Waals surface area contributed by atoms with Crippen molar-refractivity contribution in [3.05, 3.63) is 33.3 Å². The number of rotatable bonds is 6. The number of nitro benzene ring substituents is 1. The second-order valence-corrected chi connectivity index (χ2v) is 5.55. The number of hydrogen-bond acceptors (Lipinski definition) is 6. The first-order valence-electron chi connectivity index (χ1n) is 6.95. The highest BCUT2D eigenvalue weighted by molar-refractivity contribution is 6.30. The van der Waals surface area contributed by atoms with E-state index in [1.165, 1.54) is 24.1 Å². The SMILES string of the molecule is COC(=O)[C@@H]1CC(=O)N(CCNc2ccc(Cl)cc2[N+](=O)[O-])C1. The van der Waals surface area contributed by atoms with Crippen LogP contribution >= 0.6 is 11.6 Å². The molecule has 1 atom stereocenters. The number of carbonyl (C=O) groups excluding carboxylic acids is 2. The largest absolute Gasteiger partial charge is 0.469 e. The number of amides is 1. The topological polar surface area (TPSA) is 102 Å². The Bertz CT molecular complexity index is 637. The van der Waals surface area contributed by atoms with Crippen LogP contribution in [0.2, 0.25) is 5.02 Å². The Kier molecular flexibility index (Phi) is 5.38. The highest BCUT2D eigenvalue weighted by Gasteiger charge is 2.34. The Morgan fingerprint density at radius 1 is 1.57 bits per heavy atom. The fraction of sp³-hybridized carbons (Fsp3) is 0.429. The molecule has 9 heteroatoms. The fourth-order valence-electron chi connectivity index (χ4n) is 2.44. The molecule has 1 heterocycles. The molecule has 0 radical (unpaired) electrons. The maximum Gasteiger partial charge on any atom is 0.310 e. The number of nitro groups is 1. The third-order valence-electron chi connectivity index (χ3n) is 3.60. The van der Waals surface area contributed by atoms with E-state index >= 15 is 0 Å². The minimum absolute atomic E-state index is 0.127. The van der Waals surface area contributed by atoms with Crippen LogP contribution in [0.5, 0.6) is 0 Å². The van der Waals surface area contributed by atoms with Crippen LogP contribution in [0.15, 0.2) is 18.2 Å². The first-order valence-corrected chi connectivity index (χ1v) is 7.33. The van der Waals surface area contributed by atoms with Crippen molar-refractivity contribution < 1.29 is 19.2 Å². The quantitative estimate of drug-likeness (QED) is 0.480. The van der Waals surface area contributed by atoms with Crippen LogP contribution in [0, 0.1) is 16.0 Å². The molecule has 1 aromatic carbocycles. The summed E-state index contributed by atoms with van der Waals surface area (Å²) in [4.78, 5) is 35.3.